The lowest BCUT2D eigenvalue weighted by Gasteiger charge is -2.18. The molecular formula is C13H18N2O2. The van der Waals surface area contributed by atoms with Crippen LogP contribution >= 0.6 is 0 Å². The molecule has 0 aliphatic heterocycles. The van der Waals surface area contributed by atoms with Crippen LogP contribution in [0, 0.1) is 0 Å². The molecule has 0 fully saturated rings. The Kier molecular flexibility index (Phi) is 5.20. The predicted octanol–water partition coefficient (Wildman–Crippen LogP) is 2.40. The third-order valence-corrected chi connectivity index (χ3v) is 2.52. The van der Waals surface area contributed by atoms with Crippen molar-refractivity contribution in [2.75, 3.05) is 6.54 Å². The summed E-state index contributed by atoms with van der Waals surface area (Å²) >= 11 is 0. The van der Waals surface area contributed by atoms with Gasteiger partial charge >= 0.3 is 6.03 Å². The maximum atomic E-state index is 12.0. The third-order valence-electron chi connectivity index (χ3n) is 2.52. The van der Waals surface area contributed by atoms with E-state index in [1.54, 1.807) is 24.3 Å². The van der Waals surface area contributed by atoms with E-state index in [0.717, 1.165) is 24.2 Å². The van der Waals surface area contributed by atoms with E-state index in [-0.39, 0.29) is 5.91 Å². The third kappa shape index (κ3) is 3.90. The van der Waals surface area contributed by atoms with Crippen LogP contribution in [-0.2, 0) is 0 Å². The Labute approximate surface area is 101 Å². The quantitative estimate of drug-likeness (QED) is 0.795. The van der Waals surface area contributed by atoms with E-state index in [2.05, 4.69) is 6.92 Å². The minimum absolute atomic E-state index is 0.325. The van der Waals surface area contributed by atoms with Gasteiger partial charge in [-0.15, -0.1) is 0 Å². The van der Waals surface area contributed by atoms with Crippen molar-refractivity contribution in [1.82, 2.24) is 4.90 Å². The summed E-state index contributed by atoms with van der Waals surface area (Å²) in [6.07, 6.45) is 2.80. The van der Waals surface area contributed by atoms with Crippen LogP contribution < -0.4 is 5.73 Å². The fourth-order valence-electron chi connectivity index (χ4n) is 1.57. The molecular weight excluding hydrogens is 216 g/mol. The van der Waals surface area contributed by atoms with Gasteiger partial charge in [-0.2, -0.15) is 0 Å². The zero-order chi connectivity index (χ0) is 12.7. The molecule has 0 unspecified atom stereocenters. The number of nitrogens with two attached hydrogens (primary N) is 1. The summed E-state index contributed by atoms with van der Waals surface area (Å²) in [7, 11) is 0. The van der Waals surface area contributed by atoms with Crippen molar-refractivity contribution in [2.24, 2.45) is 5.73 Å². The molecule has 3 amide bonds. The lowest BCUT2D eigenvalue weighted by molar-refractivity contribution is 0.0806. The minimum atomic E-state index is -0.685. The van der Waals surface area contributed by atoms with Gasteiger partial charge in [-0.1, -0.05) is 38.0 Å². The molecule has 0 aliphatic carbocycles. The maximum absolute atomic E-state index is 12.0. The molecule has 0 bridgehead atoms. The highest BCUT2D eigenvalue weighted by Gasteiger charge is 2.19. The second kappa shape index (κ2) is 6.68. The number of benzene rings is 1. The van der Waals surface area contributed by atoms with Crippen LogP contribution in [0.15, 0.2) is 30.3 Å². The molecule has 0 spiro atoms. The number of rotatable bonds is 5. The normalized spacial score (nSPS) is 9.94. The standard InChI is InChI=1S/C13H18N2O2/c1-2-3-7-10-15(13(14)17)12(16)11-8-5-4-6-9-11/h4-6,8-9H,2-3,7,10H2,1H3,(H2,14,17). The van der Waals surface area contributed by atoms with Gasteiger partial charge in [-0.25, -0.2) is 4.79 Å². The summed E-state index contributed by atoms with van der Waals surface area (Å²) in [5.41, 5.74) is 5.71. The molecule has 0 radical (unpaired) electrons. The monoisotopic (exact) mass is 234 g/mol. The molecule has 1 rings (SSSR count). The van der Waals surface area contributed by atoms with Crippen LogP contribution in [0.25, 0.3) is 0 Å². The second-order valence-electron chi connectivity index (χ2n) is 3.87. The lowest BCUT2D eigenvalue weighted by atomic mass is 10.2. The Balaban J connectivity index is 2.71. The first-order valence-electron chi connectivity index (χ1n) is 5.83. The van der Waals surface area contributed by atoms with E-state index in [4.69, 9.17) is 5.73 Å². The van der Waals surface area contributed by atoms with Gasteiger partial charge < -0.3 is 5.73 Å². The number of amides is 3. The molecule has 0 saturated carbocycles. The van der Waals surface area contributed by atoms with E-state index >= 15 is 0 Å². The SMILES string of the molecule is CCCCCN(C(N)=O)C(=O)c1ccccc1. The minimum Gasteiger partial charge on any atom is -0.351 e. The van der Waals surface area contributed by atoms with Crippen LogP contribution in [0.3, 0.4) is 0 Å². The van der Waals surface area contributed by atoms with Crippen LogP contribution in [0.5, 0.6) is 0 Å². The van der Waals surface area contributed by atoms with Crippen molar-refractivity contribution in [3.05, 3.63) is 35.9 Å². The van der Waals surface area contributed by atoms with Gasteiger partial charge in [-0.3, -0.25) is 9.69 Å². The van der Waals surface area contributed by atoms with E-state index in [1.165, 1.54) is 0 Å². The molecule has 0 aromatic heterocycles. The molecule has 0 heterocycles. The van der Waals surface area contributed by atoms with Crippen molar-refractivity contribution < 1.29 is 9.59 Å². The number of primary amides is 1. The van der Waals surface area contributed by atoms with E-state index in [9.17, 15) is 9.59 Å². The Bertz CT molecular complexity index is 376. The summed E-state index contributed by atoms with van der Waals surface area (Å²) in [4.78, 5) is 24.3. The Morgan fingerprint density at radius 1 is 1.18 bits per heavy atom. The Morgan fingerprint density at radius 2 is 1.82 bits per heavy atom. The molecule has 17 heavy (non-hydrogen) atoms. The van der Waals surface area contributed by atoms with E-state index in [0.29, 0.717) is 12.1 Å². The first-order chi connectivity index (χ1) is 8.16. The highest BCUT2D eigenvalue weighted by Crippen LogP contribution is 2.06. The van der Waals surface area contributed by atoms with Crippen molar-refractivity contribution in [3.8, 4) is 0 Å². The lowest BCUT2D eigenvalue weighted by Crippen LogP contribution is -2.41. The van der Waals surface area contributed by atoms with Crippen LogP contribution in [0.4, 0.5) is 4.79 Å². The molecule has 4 heteroatoms. The molecule has 1 aromatic rings. The zero-order valence-electron chi connectivity index (χ0n) is 10.1. The fourth-order valence-corrected chi connectivity index (χ4v) is 1.57. The number of hydrogen-bond donors (Lipinski definition) is 1. The summed E-state index contributed by atoms with van der Waals surface area (Å²) in [6, 6.07) is 8.02. The van der Waals surface area contributed by atoms with Crippen molar-refractivity contribution in [3.63, 3.8) is 0 Å². The van der Waals surface area contributed by atoms with Crippen molar-refractivity contribution in [2.45, 2.75) is 26.2 Å². The van der Waals surface area contributed by atoms with Crippen LogP contribution in [0.1, 0.15) is 36.5 Å². The van der Waals surface area contributed by atoms with Crippen LogP contribution in [0.2, 0.25) is 0 Å². The Morgan fingerprint density at radius 3 is 2.35 bits per heavy atom. The zero-order valence-corrected chi connectivity index (χ0v) is 10.1. The number of unbranched alkanes of at least 4 members (excludes halogenated alkanes) is 2. The molecule has 4 nitrogen and oxygen atoms in total. The first kappa shape index (κ1) is 13.2. The predicted molar refractivity (Wildman–Crippen MR) is 66.6 cm³/mol. The van der Waals surface area contributed by atoms with Gasteiger partial charge in [0.2, 0.25) is 0 Å². The smallest absolute Gasteiger partial charge is 0.321 e. The molecule has 0 aliphatic rings. The molecule has 0 saturated heterocycles. The molecule has 2 N–H and O–H groups in total. The molecule has 1 aromatic carbocycles. The topological polar surface area (TPSA) is 63.4 Å². The number of carbonyl (C=O) groups is 2. The molecule has 0 atom stereocenters. The summed E-state index contributed by atoms with van der Waals surface area (Å²) in [5.74, 6) is -0.325. The van der Waals surface area contributed by atoms with Gasteiger partial charge in [0, 0.05) is 12.1 Å². The van der Waals surface area contributed by atoms with E-state index in [1.807, 2.05) is 6.07 Å². The highest BCUT2D eigenvalue weighted by atomic mass is 16.2. The Hall–Kier alpha value is -1.84. The van der Waals surface area contributed by atoms with Gasteiger partial charge in [0.05, 0.1) is 0 Å². The summed E-state index contributed by atoms with van der Waals surface area (Å²) in [6.45, 7) is 2.45. The highest BCUT2D eigenvalue weighted by molar-refractivity contribution is 6.03. The van der Waals surface area contributed by atoms with Gasteiger partial charge in [0.25, 0.3) is 5.91 Å². The van der Waals surface area contributed by atoms with Crippen molar-refractivity contribution in [1.29, 1.82) is 0 Å². The average molecular weight is 234 g/mol. The van der Waals surface area contributed by atoms with E-state index < -0.39 is 6.03 Å². The van der Waals surface area contributed by atoms with Gasteiger partial charge in [0.15, 0.2) is 0 Å². The number of nitrogens with zero attached hydrogens (tertiary/aromatic N) is 1. The van der Waals surface area contributed by atoms with Gasteiger partial charge in [0.1, 0.15) is 0 Å². The second-order valence-corrected chi connectivity index (χ2v) is 3.87. The maximum Gasteiger partial charge on any atom is 0.321 e. The number of imide groups is 1. The fraction of sp³-hybridized carbons (Fsp3) is 0.385. The van der Waals surface area contributed by atoms with Crippen molar-refractivity contribution >= 4 is 11.9 Å². The molecule has 92 valence electrons. The van der Waals surface area contributed by atoms with Crippen LogP contribution in [-0.4, -0.2) is 23.4 Å². The summed E-state index contributed by atoms with van der Waals surface area (Å²) < 4.78 is 0. The van der Waals surface area contributed by atoms with Gasteiger partial charge in [-0.05, 0) is 18.6 Å². The average Bonchev–Trinajstić information content (AvgIpc) is 2.34. The largest absolute Gasteiger partial charge is 0.351 e. The first-order valence-corrected chi connectivity index (χ1v) is 5.83. The number of carbonyl (C=O) groups excluding carboxylic acids is 2. The summed E-state index contributed by atoms with van der Waals surface area (Å²) in [5, 5.41) is 0. The number of urea groups is 1. The number of hydrogen-bond acceptors (Lipinski definition) is 2.